The Morgan fingerprint density at radius 1 is 1.09 bits per heavy atom. The quantitative estimate of drug-likeness (QED) is 0.687. The van der Waals surface area contributed by atoms with Crippen LogP contribution in [0.4, 0.5) is 0 Å². The van der Waals surface area contributed by atoms with Gasteiger partial charge in [0, 0.05) is 45.4 Å². The lowest BCUT2D eigenvalue weighted by Crippen LogP contribution is -2.57. The molecule has 0 unspecified atom stereocenters. The zero-order valence-corrected chi connectivity index (χ0v) is 15.3. The van der Waals surface area contributed by atoms with Gasteiger partial charge in [0.2, 0.25) is 5.91 Å². The van der Waals surface area contributed by atoms with Crippen molar-refractivity contribution in [1.29, 1.82) is 0 Å². The Labute approximate surface area is 135 Å². The monoisotopic (exact) mass is 314 g/mol. The number of piperazine rings is 1. The minimum atomic E-state index is 0.108. The van der Waals surface area contributed by atoms with Crippen LogP contribution in [0.3, 0.4) is 0 Å². The van der Waals surface area contributed by atoms with E-state index in [-0.39, 0.29) is 23.5 Å². The number of carbonyl (C=O) groups excluding carboxylic acids is 1. The lowest BCUT2D eigenvalue weighted by molar-refractivity contribution is -0.138. The summed E-state index contributed by atoms with van der Waals surface area (Å²) in [6, 6.07) is 0. The molecule has 0 aromatic carbocycles. The van der Waals surface area contributed by atoms with E-state index < -0.39 is 0 Å². The second kappa shape index (κ2) is 8.27. The predicted octanol–water partition coefficient (Wildman–Crippen LogP) is 2.01. The molecule has 1 fully saturated rings. The van der Waals surface area contributed by atoms with Gasteiger partial charge in [-0.3, -0.25) is 9.69 Å². The molecule has 0 atom stereocenters. The smallest absolute Gasteiger partial charge is 0.248 e. The Morgan fingerprint density at radius 3 is 2.18 bits per heavy atom. The molecule has 5 nitrogen and oxygen atoms in total. The molecular weight excluding hydrogens is 280 g/mol. The fourth-order valence-electron chi connectivity index (χ4n) is 3.57. The first-order valence-corrected chi connectivity index (χ1v) is 8.31. The lowest BCUT2D eigenvalue weighted by atomic mass is 9.79. The third kappa shape index (κ3) is 5.86. The van der Waals surface area contributed by atoms with Gasteiger partial charge in [-0.25, -0.2) is 0 Å². The van der Waals surface area contributed by atoms with Gasteiger partial charge in [-0.05, 0) is 32.6 Å². The van der Waals surface area contributed by atoms with E-state index in [4.69, 9.17) is 9.47 Å². The van der Waals surface area contributed by atoms with E-state index in [2.05, 4.69) is 32.6 Å². The fraction of sp³-hybridized carbons (Fsp3) is 0.941. The summed E-state index contributed by atoms with van der Waals surface area (Å²) in [5, 5.41) is 0. The molecule has 0 aliphatic carbocycles. The highest BCUT2D eigenvalue weighted by molar-refractivity contribution is 5.77. The summed E-state index contributed by atoms with van der Waals surface area (Å²) in [6.07, 6.45) is 1.07. The molecule has 1 saturated heterocycles. The minimum absolute atomic E-state index is 0.108. The second-order valence-corrected chi connectivity index (χ2v) is 7.59. The average Bonchev–Trinajstić information content (AvgIpc) is 2.43. The van der Waals surface area contributed by atoms with E-state index in [9.17, 15) is 4.79 Å². The summed E-state index contributed by atoms with van der Waals surface area (Å²) in [7, 11) is 1.76. The van der Waals surface area contributed by atoms with Crippen molar-refractivity contribution in [3.05, 3.63) is 0 Å². The highest BCUT2D eigenvalue weighted by Crippen LogP contribution is 2.32. The van der Waals surface area contributed by atoms with E-state index in [1.165, 1.54) is 0 Å². The molecule has 1 aliphatic rings. The Morgan fingerprint density at radius 2 is 1.68 bits per heavy atom. The third-order valence-electron chi connectivity index (χ3n) is 4.36. The van der Waals surface area contributed by atoms with Gasteiger partial charge in [0.25, 0.3) is 0 Å². The number of rotatable bonds is 8. The maximum atomic E-state index is 12.0. The van der Waals surface area contributed by atoms with Crippen molar-refractivity contribution in [3.63, 3.8) is 0 Å². The van der Waals surface area contributed by atoms with E-state index >= 15 is 0 Å². The molecule has 1 heterocycles. The van der Waals surface area contributed by atoms with Crippen LogP contribution >= 0.6 is 0 Å². The van der Waals surface area contributed by atoms with Crippen LogP contribution in [0.25, 0.3) is 0 Å². The van der Waals surface area contributed by atoms with Gasteiger partial charge < -0.3 is 14.4 Å². The normalized spacial score (nSPS) is 17.8. The number of hydrogen-bond donors (Lipinski definition) is 0. The molecule has 0 radical (unpaired) electrons. The standard InChI is InChI=1S/C17H34N2O3/c1-7-22-12-15(20)18-8-10-19(11-9-18)17(4,5)13-16(2,3)14-21-6/h7-14H2,1-6H3. The topological polar surface area (TPSA) is 42.0 Å². The molecule has 1 rings (SSSR count). The molecule has 0 aromatic heterocycles. The molecule has 1 aliphatic heterocycles. The van der Waals surface area contributed by atoms with Crippen LogP contribution in [0, 0.1) is 5.41 Å². The Hall–Kier alpha value is -0.650. The molecule has 22 heavy (non-hydrogen) atoms. The van der Waals surface area contributed by atoms with E-state index in [1.54, 1.807) is 7.11 Å². The van der Waals surface area contributed by atoms with Crippen molar-refractivity contribution in [2.24, 2.45) is 5.41 Å². The van der Waals surface area contributed by atoms with E-state index in [0.717, 1.165) is 39.2 Å². The van der Waals surface area contributed by atoms with Gasteiger partial charge in [0.05, 0.1) is 6.61 Å². The van der Waals surface area contributed by atoms with Crippen molar-refractivity contribution >= 4 is 5.91 Å². The summed E-state index contributed by atoms with van der Waals surface area (Å²) in [5.41, 5.74) is 0.261. The molecule has 0 spiro atoms. The Kier molecular flexibility index (Phi) is 7.29. The summed E-state index contributed by atoms with van der Waals surface area (Å²) in [4.78, 5) is 16.4. The highest BCUT2D eigenvalue weighted by atomic mass is 16.5. The van der Waals surface area contributed by atoms with Crippen LogP contribution in [0.5, 0.6) is 0 Å². The lowest BCUT2D eigenvalue weighted by Gasteiger charge is -2.47. The van der Waals surface area contributed by atoms with Crippen LogP contribution in [-0.4, -0.2) is 74.4 Å². The Bertz CT molecular complexity index is 348. The van der Waals surface area contributed by atoms with Crippen molar-refractivity contribution in [1.82, 2.24) is 9.80 Å². The molecule has 0 bridgehead atoms. The van der Waals surface area contributed by atoms with Crippen molar-refractivity contribution < 1.29 is 14.3 Å². The van der Waals surface area contributed by atoms with Crippen LogP contribution in [0.1, 0.15) is 41.0 Å². The molecule has 0 saturated carbocycles. The Balaban J connectivity index is 2.50. The second-order valence-electron chi connectivity index (χ2n) is 7.59. The fourth-order valence-corrected chi connectivity index (χ4v) is 3.57. The molecule has 1 amide bonds. The van der Waals surface area contributed by atoms with Gasteiger partial charge in [-0.15, -0.1) is 0 Å². The molecule has 5 heteroatoms. The number of carbonyl (C=O) groups is 1. The zero-order valence-electron chi connectivity index (χ0n) is 15.3. The number of hydrogen-bond acceptors (Lipinski definition) is 4. The molecule has 130 valence electrons. The number of methoxy groups -OCH3 is 1. The van der Waals surface area contributed by atoms with Crippen LogP contribution < -0.4 is 0 Å². The first-order chi connectivity index (χ1) is 10.2. The van der Waals surface area contributed by atoms with Crippen LogP contribution in [0.2, 0.25) is 0 Å². The third-order valence-corrected chi connectivity index (χ3v) is 4.36. The van der Waals surface area contributed by atoms with Crippen molar-refractivity contribution in [2.45, 2.75) is 46.6 Å². The van der Waals surface area contributed by atoms with Gasteiger partial charge >= 0.3 is 0 Å². The molecular formula is C17H34N2O3. The maximum Gasteiger partial charge on any atom is 0.248 e. The van der Waals surface area contributed by atoms with Gasteiger partial charge in [-0.1, -0.05) is 13.8 Å². The summed E-state index contributed by atoms with van der Waals surface area (Å²) >= 11 is 0. The average molecular weight is 314 g/mol. The first-order valence-electron chi connectivity index (χ1n) is 8.31. The van der Waals surface area contributed by atoms with Gasteiger partial charge in [-0.2, -0.15) is 0 Å². The summed E-state index contributed by atoms with van der Waals surface area (Å²) in [5.74, 6) is 0.110. The number of ether oxygens (including phenoxy) is 2. The highest BCUT2D eigenvalue weighted by Gasteiger charge is 2.35. The van der Waals surface area contributed by atoms with Crippen molar-refractivity contribution in [3.8, 4) is 0 Å². The van der Waals surface area contributed by atoms with E-state index in [0.29, 0.717) is 6.61 Å². The largest absolute Gasteiger partial charge is 0.384 e. The number of amides is 1. The first kappa shape index (κ1) is 19.4. The van der Waals surface area contributed by atoms with Crippen LogP contribution in [-0.2, 0) is 14.3 Å². The maximum absolute atomic E-state index is 12.0. The summed E-state index contributed by atoms with van der Waals surface area (Å²) in [6.45, 7) is 16.0. The zero-order chi connectivity index (χ0) is 16.8. The predicted molar refractivity (Wildman–Crippen MR) is 89.0 cm³/mol. The molecule has 0 N–H and O–H groups in total. The SMILES string of the molecule is CCOCC(=O)N1CCN(C(C)(C)CC(C)(C)COC)CC1. The van der Waals surface area contributed by atoms with Crippen molar-refractivity contribution in [2.75, 3.05) is 53.1 Å². The molecule has 0 aromatic rings. The van der Waals surface area contributed by atoms with Gasteiger partial charge in [0.1, 0.15) is 6.61 Å². The van der Waals surface area contributed by atoms with E-state index in [1.807, 2.05) is 11.8 Å². The summed E-state index contributed by atoms with van der Waals surface area (Å²) < 4.78 is 10.6. The van der Waals surface area contributed by atoms with Crippen LogP contribution in [0.15, 0.2) is 0 Å². The minimum Gasteiger partial charge on any atom is -0.384 e. The van der Waals surface area contributed by atoms with Gasteiger partial charge in [0.15, 0.2) is 0 Å². The number of nitrogens with zero attached hydrogens (tertiary/aromatic N) is 2.